The Hall–Kier alpha value is -2.48. The standard InChI is InChI=1S/C17H12O/c1-2-14-3-5-15(6-4-14)7-8-16-9-11-17(13-18)12-10-16/h1,3-6,9-12,18H,13H2. The van der Waals surface area contributed by atoms with Crippen molar-refractivity contribution in [2.24, 2.45) is 0 Å². The van der Waals surface area contributed by atoms with E-state index < -0.39 is 0 Å². The molecule has 0 aliphatic rings. The highest BCUT2D eigenvalue weighted by Crippen LogP contribution is 2.05. The number of rotatable bonds is 1. The lowest BCUT2D eigenvalue weighted by Gasteiger charge is -1.95. The van der Waals surface area contributed by atoms with E-state index in [0.717, 1.165) is 22.3 Å². The molecule has 1 nitrogen and oxygen atoms in total. The minimum atomic E-state index is 0.0568. The summed E-state index contributed by atoms with van der Waals surface area (Å²) < 4.78 is 0. The fraction of sp³-hybridized carbons (Fsp3) is 0.0588. The van der Waals surface area contributed by atoms with Gasteiger partial charge in [0.25, 0.3) is 0 Å². The summed E-state index contributed by atoms with van der Waals surface area (Å²) in [6, 6.07) is 15.1. The van der Waals surface area contributed by atoms with E-state index in [1.165, 1.54) is 0 Å². The Balaban J connectivity index is 2.17. The Morgan fingerprint density at radius 2 is 1.22 bits per heavy atom. The van der Waals surface area contributed by atoms with E-state index in [1.807, 2.05) is 48.5 Å². The summed E-state index contributed by atoms with van der Waals surface area (Å²) in [6.07, 6.45) is 5.29. The van der Waals surface area contributed by atoms with Crippen LogP contribution >= 0.6 is 0 Å². The first-order chi connectivity index (χ1) is 8.81. The summed E-state index contributed by atoms with van der Waals surface area (Å²) >= 11 is 0. The normalized spacial score (nSPS) is 9.11. The van der Waals surface area contributed by atoms with Gasteiger partial charge in [0, 0.05) is 16.7 Å². The van der Waals surface area contributed by atoms with E-state index in [4.69, 9.17) is 11.5 Å². The maximum absolute atomic E-state index is 8.93. The minimum absolute atomic E-state index is 0.0568. The Kier molecular flexibility index (Phi) is 3.82. The Labute approximate surface area is 107 Å². The second-order valence-corrected chi connectivity index (χ2v) is 3.83. The molecule has 0 aliphatic heterocycles. The predicted octanol–water partition coefficient (Wildman–Crippen LogP) is 2.56. The van der Waals surface area contributed by atoms with E-state index >= 15 is 0 Å². The third-order valence-electron chi connectivity index (χ3n) is 2.54. The Bertz CT molecular complexity index is 617. The molecule has 0 saturated heterocycles. The SMILES string of the molecule is C#Cc1ccc(C#Cc2ccc(CO)cc2)cc1. The molecule has 18 heavy (non-hydrogen) atoms. The molecule has 0 aliphatic carbocycles. The van der Waals surface area contributed by atoms with E-state index in [0.29, 0.717) is 0 Å². The maximum Gasteiger partial charge on any atom is 0.0681 e. The lowest BCUT2D eigenvalue weighted by atomic mass is 10.1. The van der Waals surface area contributed by atoms with Gasteiger partial charge in [0.1, 0.15) is 0 Å². The van der Waals surface area contributed by atoms with Crippen LogP contribution in [-0.4, -0.2) is 5.11 Å². The highest BCUT2D eigenvalue weighted by atomic mass is 16.3. The number of hydrogen-bond donors (Lipinski definition) is 1. The predicted molar refractivity (Wildman–Crippen MR) is 72.7 cm³/mol. The van der Waals surface area contributed by atoms with Crippen LogP contribution in [0.4, 0.5) is 0 Å². The number of aliphatic hydroxyl groups is 1. The molecule has 86 valence electrons. The highest BCUT2D eigenvalue weighted by molar-refractivity contribution is 5.45. The van der Waals surface area contributed by atoms with Crippen molar-refractivity contribution in [2.45, 2.75) is 6.61 Å². The third kappa shape index (κ3) is 3.01. The van der Waals surface area contributed by atoms with E-state index in [1.54, 1.807) is 0 Å². The first-order valence-electron chi connectivity index (χ1n) is 5.60. The molecule has 0 bridgehead atoms. The third-order valence-corrected chi connectivity index (χ3v) is 2.54. The molecule has 0 spiro atoms. The van der Waals surface area contributed by atoms with Crippen molar-refractivity contribution in [1.82, 2.24) is 0 Å². The summed E-state index contributed by atoms with van der Waals surface area (Å²) in [7, 11) is 0. The van der Waals surface area contributed by atoms with Gasteiger partial charge in [-0.1, -0.05) is 29.9 Å². The minimum Gasteiger partial charge on any atom is -0.392 e. The van der Waals surface area contributed by atoms with Crippen molar-refractivity contribution in [3.05, 3.63) is 70.8 Å². The summed E-state index contributed by atoms with van der Waals surface area (Å²) in [5.41, 5.74) is 3.60. The number of aliphatic hydroxyl groups excluding tert-OH is 1. The smallest absolute Gasteiger partial charge is 0.0681 e. The maximum atomic E-state index is 8.93. The lowest BCUT2D eigenvalue weighted by Crippen LogP contribution is -1.82. The monoisotopic (exact) mass is 232 g/mol. The average Bonchev–Trinajstić information content (AvgIpc) is 2.46. The van der Waals surface area contributed by atoms with Gasteiger partial charge in [0.15, 0.2) is 0 Å². The van der Waals surface area contributed by atoms with Crippen LogP contribution in [-0.2, 0) is 6.61 Å². The van der Waals surface area contributed by atoms with Gasteiger partial charge < -0.3 is 5.11 Å². The Morgan fingerprint density at radius 1 is 0.778 bits per heavy atom. The zero-order chi connectivity index (χ0) is 12.8. The van der Waals surface area contributed by atoms with Gasteiger partial charge in [-0.3, -0.25) is 0 Å². The number of hydrogen-bond acceptors (Lipinski definition) is 1. The van der Waals surface area contributed by atoms with E-state index in [-0.39, 0.29) is 6.61 Å². The molecule has 1 heteroatoms. The van der Waals surface area contributed by atoms with Crippen LogP contribution in [0.1, 0.15) is 22.3 Å². The topological polar surface area (TPSA) is 20.2 Å². The highest BCUT2D eigenvalue weighted by Gasteiger charge is 1.91. The summed E-state index contributed by atoms with van der Waals surface area (Å²) in [6.45, 7) is 0.0568. The van der Waals surface area contributed by atoms with Crippen molar-refractivity contribution in [2.75, 3.05) is 0 Å². The molecule has 0 heterocycles. The van der Waals surface area contributed by atoms with Crippen molar-refractivity contribution >= 4 is 0 Å². The summed E-state index contributed by atoms with van der Waals surface area (Å²) in [5.74, 6) is 8.70. The summed E-state index contributed by atoms with van der Waals surface area (Å²) in [4.78, 5) is 0. The van der Waals surface area contributed by atoms with Crippen LogP contribution in [0.2, 0.25) is 0 Å². The van der Waals surface area contributed by atoms with Crippen LogP contribution < -0.4 is 0 Å². The molecule has 2 aromatic carbocycles. The van der Waals surface area contributed by atoms with E-state index in [9.17, 15) is 0 Å². The van der Waals surface area contributed by atoms with Gasteiger partial charge in [-0.15, -0.1) is 6.42 Å². The molecular formula is C17H12O. The van der Waals surface area contributed by atoms with Gasteiger partial charge in [-0.05, 0) is 42.0 Å². The molecule has 0 fully saturated rings. The molecule has 0 amide bonds. The van der Waals surface area contributed by atoms with Crippen molar-refractivity contribution in [3.63, 3.8) is 0 Å². The van der Waals surface area contributed by atoms with Crippen LogP contribution in [0, 0.1) is 24.2 Å². The van der Waals surface area contributed by atoms with Crippen LogP contribution in [0.5, 0.6) is 0 Å². The van der Waals surface area contributed by atoms with Gasteiger partial charge in [-0.2, -0.15) is 0 Å². The van der Waals surface area contributed by atoms with Gasteiger partial charge in [-0.25, -0.2) is 0 Å². The first-order valence-corrected chi connectivity index (χ1v) is 5.60. The number of benzene rings is 2. The van der Waals surface area contributed by atoms with Crippen LogP contribution in [0.3, 0.4) is 0 Å². The first kappa shape index (κ1) is 12.0. The zero-order valence-corrected chi connectivity index (χ0v) is 9.85. The molecule has 0 atom stereocenters. The fourth-order valence-electron chi connectivity index (χ4n) is 1.49. The van der Waals surface area contributed by atoms with Crippen molar-refractivity contribution < 1.29 is 5.11 Å². The molecule has 2 aromatic rings. The average molecular weight is 232 g/mol. The quantitative estimate of drug-likeness (QED) is 0.749. The second kappa shape index (κ2) is 5.73. The van der Waals surface area contributed by atoms with Crippen LogP contribution in [0.25, 0.3) is 0 Å². The molecule has 1 N–H and O–H groups in total. The molecule has 0 saturated carbocycles. The van der Waals surface area contributed by atoms with Crippen molar-refractivity contribution in [1.29, 1.82) is 0 Å². The van der Waals surface area contributed by atoms with Crippen molar-refractivity contribution in [3.8, 4) is 24.2 Å². The fourth-order valence-corrected chi connectivity index (χ4v) is 1.49. The van der Waals surface area contributed by atoms with Gasteiger partial charge in [0.2, 0.25) is 0 Å². The van der Waals surface area contributed by atoms with E-state index in [2.05, 4.69) is 17.8 Å². The Morgan fingerprint density at radius 3 is 1.67 bits per heavy atom. The largest absolute Gasteiger partial charge is 0.392 e. The summed E-state index contributed by atoms with van der Waals surface area (Å²) in [5, 5.41) is 8.93. The molecule has 0 unspecified atom stereocenters. The lowest BCUT2D eigenvalue weighted by molar-refractivity contribution is 0.282. The second-order valence-electron chi connectivity index (χ2n) is 3.83. The molecule has 2 rings (SSSR count). The van der Waals surface area contributed by atoms with Gasteiger partial charge >= 0.3 is 0 Å². The molecule has 0 aromatic heterocycles. The molecular weight excluding hydrogens is 220 g/mol. The van der Waals surface area contributed by atoms with Gasteiger partial charge in [0.05, 0.1) is 6.61 Å². The zero-order valence-electron chi connectivity index (χ0n) is 9.85. The number of terminal acetylenes is 1. The van der Waals surface area contributed by atoms with Crippen LogP contribution in [0.15, 0.2) is 48.5 Å². The molecule has 0 radical (unpaired) electrons.